The molecular weight excluding hydrogens is 172 g/mol. The second-order valence-corrected chi connectivity index (χ2v) is 3.16. The molecule has 76 valence electrons. The average molecular weight is 188 g/mol. The van der Waals surface area contributed by atoms with Gasteiger partial charge in [-0.1, -0.05) is 0 Å². The summed E-state index contributed by atoms with van der Waals surface area (Å²) in [5, 5.41) is 11.3. The largest absolute Gasteiger partial charge is 0.480 e. The molecule has 5 nitrogen and oxygen atoms in total. The lowest BCUT2D eigenvalue weighted by Gasteiger charge is -2.33. The number of urea groups is 1. The third kappa shape index (κ3) is 2.34. The molecule has 0 spiro atoms. The van der Waals surface area contributed by atoms with E-state index in [-0.39, 0.29) is 6.03 Å². The van der Waals surface area contributed by atoms with E-state index in [0.717, 1.165) is 0 Å². The minimum atomic E-state index is -1.17. The Hall–Kier alpha value is -1.26. The molecule has 5 heteroatoms. The molecular formula is C8H16N2O3. The van der Waals surface area contributed by atoms with Crippen LogP contribution < -0.4 is 5.32 Å². The number of amides is 2. The summed E-state index contributed by atoms with van der Waals surface area (Å²) in [6.07, 6.45) is 0. The van der Waals surface area contributed by atoms with Crippen molar-refractivity contribution in [1.82, 2.24) is 10.2 Å². The zero-order chi connectivity index (χ0) is 10.6. The molecule has 0 saturated carbocycles. The average Bonchev–Trinajstić information content (AvgIpc) is 2.04. The molecule has 0 aliphatic heterocycles. The van der Waals surface area contributed by atoms with E-state index in [9.17, 15) is 9.59 Å². The van der Waals surface area contributed by atoms with Crippen molar-refractivity contribution < 1.29 is 14.7 Å². The molecule has 0 rings (SSSR count). The van der Waals surface area contributed by atoms with Gasteiger partial charge < -0.3 is 15.3 Å². The van der Waals surface area contributed by atoms with Gasteiger partial charge in [-0.15, -0.1) is 0 Å². The highest BCUT2D eigenvalue weighted by molar-refractivity contribution is 5.85. The molecule has 0 aromatic heterocycles. The Morgan fingerprint density at radius 2 is 1.92 bits per heavy atom. The van der Waals surface area contributed by atoms with E-state index in [0.29, 0.717) is 6.54 Å². The summed E-state index contributed by atoms with van der Waals surface area (Å²) in [6.45, 7) is 5.08. The Balaban J connectivity index is 4.76. The number of carbonyl (C=O) groups is 2. The van der Waals surface area contributed by atoms with Crippen molar-refractivity contribution in [3.63, 3.8) is 0 Å². The van der Waals surface area contributed by atoms with Gasteiger partial charge in [0.05, 0.1) is 0 Å². The maximum Gasteiger partial charge on any atom is 0.329 e. The van der Waals surface area contributed by atoms with Crippen molar-refractivity contribution >= 4 is 12.0 Å². The zero-order valence-corrected chi connectivity index (χ0v) is 8.42. The molecule has 0 aliphatic rings. The van der Waals surface area contributed by atoms with Crippen molar-refractivity contribution in [2.24, 2.45) is 0 Å². The Morgan fingerprint density at radius 1 is 1.46 bits per heavy atom. The molecule has 0 fully saturated rings. The number of rotatable bonds is 3. The van der Waals surface area contributed by atoms with Crippen LogP contribution in [-0.2, 0) is 4.79 Å². The summed E-state index contributed by atoms with van der Waals surface area (Å²) < 4.78 is 0. The number of hydrogen-bond donors (Lipinski definition) is 2. The summed E-state index contributed by atoms with van der Waals surface area (Å²) in [5.74, 6) is -1.02. The lowest BCUT2D eigenvalue weighted by Crippen LogP contribution is -2.55. The molecule has 0 bridgehead atoms. The summed E-state index contributed by atoms with van der Waals surface area (Å²) in [6, 6.07) is -0.380. The Morgan fingerprint density at radius 3 is 2.15 bits per heavy atom. The van der Waals surface area contributed by atoms with Crippen LogP contribution in [0, 0.1) is 0 Å². The van der Waals surface area contributed by atoms with Gasteiger partial charge in [-0.3, -0.25) is 0 Å². The minimum Gasteiger partial charge on any atom is -0.480 e. The number of carbonyl (C=O) groups excluding carboxylic acids is 1. The fourth-order valence-electron chi connectivity index (χ4n) is 1.04. The van der Waals surface area contributed by atoms with Crippen molar-refractivity contribution in [1.29, 1.82) is 0 Å². The fourth-order valence-corrected chi connectivity index (χ4v) is 1.04. The molecule has 2 N–H and O–H groups in total. The molecule has 13 heavy (non-hydrogen) atoms. The van der Waals surface area contributed by atoms with E-state index in [1.54, 1.807) is 6.92 Å². The molecule has 0 aliphatic carbocycles. The molecule has 0 unspecified atom stereocenters. The molecule has 0 aromatic carbocycles. The number of carboxylic acids is 1. The van der Waals surface area contributed by atoms with Crippen molar-refractivity contribution in [3.8, 4) is 0 Å². The maximum absolute atomic E-state index is 11.2. The van der Waals surface area contributed by atoms with Gasteiger partial charge in [-0.2, -0.15) is 0 Å². The smallest absolute Gasteiger partial charge is 0.329 e. The SMILES string of the molecule is CCN(C(=O)NC)C(C)(C)C(=O)O. The van der Waals surface area contributed by atoms with Crippen LogP contribution in [0.1, 0.15) is 20.8 Å². The predicted molar refractivity (Wildman–Crippen MR) is 48.6 cm³/mol. The summed E-state index contributed by atoms with van der Waals surface area (Å²) in [5.41, 5.74) is -1.17. The lowest BCUT2D eigenvalue weighted by atomic mass is 10.0. The van der Waals surface area contributed by atoms with Gasteiger partial charge >= 0.3 is 12.0 Å². The normalized spacial score (nSPS) is 10.8. The highest BCUT2D eigenvalue weighted by Gasteiger charge is 2.36. The zero-order valence-electron chi connectivity index (χ0n) is 8.42. The topological polar surface area (TPSA) is 69.6 Å². The molecule has 0 aromatic rings. The van der Waals surface area contributed by atoms with Gasteiger partial charge in [0.1, 0.15) is 5.54 Å². The number of hydrogen-bond acceptors (Lipinski definition) is 2. The molecule has 2 amide bonds. The number of aliphatic carboxylic acids is 1. The molecule has 0 atom stereocenters. The number of likely N-dealkylation sites (N-methyl/N-ethyl adjacent to an activating group) is 1. The first-order valence-electron chi connectivity index (χ1n) is 4.10. The van der Waals surface area contributed by atoms with Gasteiger partial charge in [-0.05, 0) is 20.8 Å². The van der Waals surface area contributed by atoms with Crippen LogP contribution in [0.15, 0.2) is 0 Å². The Kier molecular flexibility index (Phi) is 3.71. The van der Waals surface area contributed by atoms with Crippen LogP contribution >= 0.6 is 0 Å². The van der Waals surface area contributed by atoms with Crippen molar-refractivity contribution in [2.45, 2.75) is 26.3 Å². The first-order chi connectivity index (χ1) is 5.87. The summed E-state index contributed by atoms with van der Waals surface area (Å²) in [4.78, 5) is 23.3. The highest BCUT2D eigenvalue weighted by atomic mass is 16.4. The number of carboxylic acid groups (broad SMARTS) is 1. The van der Waals surface area contributed by atoms with E-state index in [1.807, 2.05) is 0 Å². The van der Waals surface area contributed by atoms with Crippen LogP contribution in [0.2, 0.25) is 0 Å². The monoisotopic (exact) mass is 188 g/mol. The third-order valence-corrected chi connectivity index (χ3v) is 1.97. The molecule has 0 saturated heterocycles. The predicted octanol–water partition coefficient (Wildman–Crippen LogP) is 0.511. The second-order valence-electron chi connectivity index (χ2n) is 3.16. The fraction of sp³-hybridized carbons (Fsp3) is 0.750. The maximum atomic E-state index is 11.2. The van der Waals surface area contributed by atoms with Crippen molar-refractivity contribution in [2.75, 3.05) is 13.6 Å². The van der Waals surface area contributed by atoms with Crippen LogP contribution in [0.25, 0.3) is 0 Å². The van der Waals surface area contributed by atoms with Gasteiger partial charge in [-0.25, -0.2) is 9.59 Å². The molecule has 0 radical (unpaired) electrons. The van der Waals surface area contributed by atoms with Crippen LogP contribution in [0.4, 0.5) is 4.79 Å². The number of nitrogens with one attached hydrogen (secondary N) is 1. The van der Waals surface area contributed by atoms with Gasteiger partial charge in [0.25, 0.3) is 0 Å². The van der Waals surface area contributed by atoms with E-state index in [4.69, 9.17) is 5.11 Å². The van der Waals surface area contributed by atoms with Gasteiger partial charge in [0.15, 0.2) is 0 Å². The summed E-state index contributed by atoms with van der Waals surface area (Å²) in [7, 11) is 1.48. The Bertz CT molecular complexity index is 213. The van der Waals surface area contributed by atoms with E-state index >= 15 is 0 Å². The third-order valence-electron chi connectivity index (χ3n) is 1.97. The number of nitrogens with zero attached hydrogens (tertiary/aromatic N) is 1. The van der Waals surface area contributed by atoms with Crippen LogP contribution in [-0.4, -0.2) is 41.1 Å². The standard InChI is InChI=1S/C8H16N2O3/c1-5-10(7(13)9-4)8(2,3)6(11)12/h5H2,1-4H3,(H,9,13)(H,11,12). The van der Waals surface area contributed by atoms with Gasteiger partial charge in [0.2, 0.25) is 0 Å². The quantitative estimate of drug-likeness (QED) is 0.678. The molecule has 0 heterocycles. The van der Waals surface area contributed by atoms with Crippen molar-refractivity contribution in [3.05, 3.63) is 0 Å². The highest BCUT2D eigenvalue weighted by Crippen LogP contribution is 2.14. The first-order valence-corrected chi connectivity index (χ1v) is 4.10. The summed E-state index contributed by atoms with van der Waals surface area (Å²) >= 11 is 0. The lowest BCUT2D eigenvalue weighted by molar-refractivity contribution is -0.147. The minimum absolute atomic E-state index is 0.360. The van der Waals surface area contributed by atoms with Crippen LogP contribution in [0.3, 0.4) is 0 Å². The van der Waals surface area contributed by atoms with E-state index < -0.39 is 11.5 Å². The Labute approximate surface area is 77.7 Å². The van der Waals surface area contributed by atoms with Gasteiger partial charge in [0, 0.05) is 13.6 Å². The first kappa shape index (κ1) is 11.7. The second kappa shape index (κ2) is 4.11. The van der Waals surface area contributed by atoms with E-state index in [2.05, 4.69) is 5.32 Å². The van der Waals surface area contributed by atoms with E-state index in [1.165, 1.54) is 25.8 Å². The van der Waals surface area contributed by atoms with Crippen LogP contribution in [0.5, 0.6) is 0 Å².